The molecule has 5 heteroatoms. The van der Waals surface area contributed by atoms with E-state index < -0.39 is 0 Å². The largest absolute Gasteiger partial charge is 0.395 e. The Labute approximate surface area is 146 Å². The molecule has 136 valence electrons. The summed E-state index contributed by atoms with van der Waals surface area (Å²) in [6, 6.07) is 2.06. The average molecular weight is 335 g/mol. The Morgan fingerprint density at radius 3 is 2.33 bits per heavy atom. The number of aliphatic hydroxyl groups excluding tert-OH is 1. The summed E-state index contributed by atoms with van der Waals surface area (Å²) in [5.41, 5.74) is 3.18. The molecule has 0 spiro atoms. The van der Waals surface area contributed by atoms with E-state index in [4.69, 9.17) is 5.11 Å². The summed E-state index contributed by atoms with van der Waals surface area (Å²) < 4.78 is 2.28. The first-order valence-corrected chi connectivity index (χ1v) is 9.18. The number of piperazine rings is 1. The van der Waals surface area contributed by atoms with Crippen LogP contribution in [0.2, 0.25) is 0 Å². The van der Waals surface area contributed by atoms with E-state index in [2.05, 4.69) is 48.1 Å². The number of nitrogens with zero attached hydrogens (tertiary/aromatic N) is 3. The number of β-amino-alcohol motifs (C(OH)–C–C–N with tert-alkyl or cyclic N) is 1. The zero-order valence-corrected chi connectivity index (χ0v) is 15.7. The van der Waals surface area contributed by atoms with Crippen molar-refractivity contribution in [3.63, 3.8) is 0 Å². The molecule has 1 N–H and O–H groups in total. The van der Waals surface area contributed by atoms with Crippen molar-refractivity contribution in [2.75, 3.05) is 45.9 Å². The van der Waals surface area contributed by atoms with Crippen molar-refractivity contribution in [2.24, 2.45) is 5.92 Å². The standard InChI is InChI=1S/C19H33N3O2/c1-15(2)5-6-22-16(3)13-18(17(22)4)19(24)14-21-9-7-20(8-10-21)11-12-23/h13,15,23H,5-12,14H2,1-4H3. The van der Waals surface area contributed by atoms with Crippen LogP contribution in [0.1, 0.15) is 42.0 Å². The minimum atomic E-state index is 0.210. The summed E-state index contributed by atoms with van der Waals surface area (Å²) in [6.45, 7) is 14.7. The molecule has 1 aromatic heterocycles. The summed E-state index contributed by atoms with van der Waals surface area (Å²) in [4.78, 5) is 17.2. The summed E-state index contributed by atoms with van der Waals surface area (Å²) >= 11 is 0. The normalized spacial score (nSPS) is 16.9. The number of aryl methyl sites for hydroxylation is 1. The molecule has 1 aliphatic rings. The van der Waals surface area contributed by atoms with Crippen LogP contribution < -0.4 is 0 Å². The van der Waals surface area contributed by atoms with Crippen molar-refractivity contribution >= 4 is 5.78 Å². The zero-order chi connectivity index (χ0) is 17.7. The molecule has 0 atom stereocenters. The van der Waals surface area contributed by atoms with Crippen molar-refractivity contribution < 1.29 is 9.90 Å². The van der Waals surface area contributed by atoms with Gasteiger partial charge >= 0.3 is 0 Å². The monoisotopic (exact) mass is 335 g/mol. The lowest BCUT2D eigenvalue weighted by Crippen LogP contribution is -2.48. The van der Waals surface area contributed by atoms with Crippen LogP contribution in [0.3, 0.4) is 0 Å². The second-order valence-electron chi connectivity index (χ2n) is 7.38. The first kappa shape index (κ1) is 19.2. The van der Waals surface area contributed by atoms with E-state index in [0.29, 0.717) is 12.5 Å². The van der Waals surface area contributed by atoms with Crippen LogP contribution in [-0.4, -0.2) is 71.1 Å². The molecule has 1 fully saturated rings. The number of rotatable bonds is 8. The van der Waals surface area contributed by atoms with E-state index in [0.717, 1.165) is 56.9 Å². The Morgan fingerprint density at radius 1 is 1.12 bits per heavy atom. The summed E-state index contributed by atoms with van der Waals surface area (Å²) in [7, 11) is 0. The van der Waals surface area contributed by atoms with Crippen LogP contribution in [0.25, 0.3) is 0 Å². The number of hydrogen-bond acceptors (Lipinski definition) is 4. The number of hydrogen-bond donors (Lipinski definition) is 1. The fourth-order valence-electron chi connectivity index (χ4n) is 3.42. The van der Waals surface area contributed by atoms with Gasteiger partial charge < -0.3 is 9.67 Å². The van der Waals surface area contributed by atoms with Gasteiger partial charge in [0.1, 0.15) is 0 Å². The van der Waals surface area contributed by atoms with Gasteiger partial charge in [-0.2, -0.15) is 0 Å². The van der Waals surface area contributed by atoms with Crippen LogP contribution in [0.15, 0.2) is 6.07 Å². The van der Waals surface area contributed by atoms with Crippen LogP contribution in [-0.2, 0) is 6.54 Å². The van der Waals surface area contributed by atoms with Gasteiger partial charge in [0.05, 0.1) is 13.2 Å². The van der Waals surface area contributed by atoms with Gasteiger partial charge in [-0.15, -0.1) is 0 Å². The van der Waals surface area contributed by atoms with Crippen LogP contribution in [0, 0.1) is 19.8 Å². The number of aromatic nitrogens is 1. The van der Waals surface area contributed by atoms with E-state index in [-0.39, 0.29) is 12.4 Å². The molecule has 2 heterocycles. The maximum Gasteiger partial charge on any atom is 0.178 e. The molecule has 1 aromatic rings. The van der Waals surface area contributed by atoms with Crippen LogP contribution in [0.4, 0.5) is 0 Å². The minimum Gasteiger partial charge on any atom is -0.395 e. The first-order chi connectivity index (χ1) is 11.4. The zero-order valence-electron chi connectivity index (χ0n) is 15.7. The third-order valence-electron chi connectivity index (χ3n) is 5.05. The Hall–Kier alpha value is -1.17. The molecule has 0 radical (unpaired) electrons. The van der Waals surface area contributed by atoms with E-state index in [1.165, 1.54) is 5.69 Å². The number of Topliss-reactive ketones (excluding diaryl/α,β-unsaturated/α-hetero) is 1. The Bertz CT molecular complexity index is 543. The lowest BCUT2D eigenvalue weighted by atomic mass is 10.1. The maximum absolute atomic E-state index is 12.7. The molecule has 1 saturated heterocycles. The molecule has 24 heavy (non-hydrogen) atoms. The highest BCUT2D eigenvalue weighted by atomic mass is 16.3. The van der Waals surface area contributed by atoms with E-state index in [9.17, 15) is 4.79 Å². The molecule has 0 saturated carbocycles. The molecule has 0 aliphatic carbocycles. The molecular weight excluding hydrogens is 302 g/mol. The van der Waals surface area contributed by atoms with E-state index in [1.807, 2.05) is 0 Å². The average Bonchev–Trinajstić information content (AvgIpc) is 2.82. The quantitative estimate of drug-likeness (QED) is 0.738. The molecule has 0 aromatic carbocycles. The highest BCUT2D eigenvalue weighted by Crippen LogP contribution is 2.18. The lowest BCUT2D eigenvalue weighted by molar-refractivity contribution is 0.0822. The first-order valence-electron chi connectivity index (χ1n) is 9.18. The molecular formula is C19H33N3O2. The fourth-order valence-corrected chi connectivity index (χ4v) is 3.42. The number of aliphatic hydroxyl groups is 1. The minimum absolute atomic E-state index is 0.210. The van der Waals surface area contributed by atoms with Gasteiger partial charge in [0, 0.05) is 56.2 Å². The second-order valence-corrected chi connectivity index (χ2v) is 7.38. The van der Waals surface area contributed by atoms with Gasteiger partial charge in [0.2, 0.25) is 0 Å². The van der Waals surface area contributed by atoms with Crippen molar-refractivity contribution in [3.8, 4) is 0 Å². The van der Waals surface area contributed by atoms with Gasteiger partial charge in [-0.25, -0.2) is 0 Å². The molecule has 1 aliphatic heterocycles. The highest BCUT2D eigenvalue weighted by molar-refractivity contribution is 5.99. The second kappa shape index (κ2) is 8.79. The van der Waals surface area contributed by atoms with E-state index in [1.54, 1.807) is 0 Å². The SMILES string of the molecule is Cc1cc(C(=O)CN2CCN(CCO)CC2)c(C)n1CCC(C)C. The summed E-state index contributed by atoms with van der Waals surface area (Å²) in [5.74, 6) is 0.898. The Kier molecular flexibility index (Phi) is 7.02. The summed E-state index contributed by atoms with van der Waals surface area (Å²) in [5, 5.41) is 9.00. The summed E-state index contributed by atoms with van der Waals surface area (Å²) in [6.07, 6.45) is 1.14. The topological polar surface area (TPSA) is 48.7 Å². The third kappa shape index (κ3) is 4.91. The number of carbonyl (C=O) groups excluding carboxylic acids is 1. The fraction of sp³-hybridized carbons (Fsp3) is 0.737. The van der Waals surface area contributed by atoms with Crippen LogP contribution >= 0.6 is 0 Å². The van der Waals surface area contributed by atoms with Gasteiger partial charge in [0.15, 0.2) is 5.78 Å². The van der Waals surface area contributed by atoms with Gasteiger partial charge in [-0.1, -0.05) is 13.8 Å². The molecule has 0 bridgehead atoms. The maximum atomic E-state index is 12.7. The number of ketones is 1. The lowest BCUT2D eigenvalue weighted by Gasteiger charge is -2.33. The van der Waals surface area contributed by atoms with Crippen LogP contribution in [0.5, 0.6) is 0 Å². The van der Waals surface area contributed by atoms with Gasteiger partial charge in [-0.05, 0) is 32.3 Å². The predicted molar refractivity (Wildman–Crippen MR) is 97.7 cm³/mol. The molecule has 0 amide bonds. The van der Waals surface area contributed by atoms with Crippen molar-refractivity contribution in [1.29, 1.82) is 0 Å². The molecule has 0 unspecified atom stereocenters. The highest BCUT2D eigenvalue weighted by Gasteiger charge is 2.21. The Balaban J connectivity index is 1.94. The third-order valence-corrected chi connectivity index (χ3v) is 5.05. The Morgan fingerprint density at radius 2 is 1.75 bits per heavy atom. The van der Waals surface area contributed by atoms with Crippen molar-refractivity contribution in [3.05, 3.63) is 23.0 Å². The van der Waals surface area contributed by atoms with Gasteiger partial charge in [0.25, 0.3) is 0 Å². The molecule has 2 rings (SSSR count). The smallest absolute Gasteiger partial charge is 0.178 e. The molecule has 5 nitrogen and oxygen atoms in total. The van der Waals surface area contributed by atoms with E-state index >= 15 is 0 Å². The van der Waals surface area contributed by atoms with Gasteiger partial charge in [-0.3, -0.25) is 14.6 Å². The predicted octanol–water partition coefficient (Wildman–Crippen LogP) is 1.94. The van der Waals surface area contributed by atoms with Crippen molar-refractivity contribution in [1.82, 2.24) is 14.4 Å². The number of carbonyl (C=O) groups is 1. The van der Waals surface area contributed by atoms with Crippen molar-refractivity contribution in [2.45, 2.75) is 40.7 Å².